The van der Waals surface area contributed by atoms with Crippen LogP contribution in [0.4, 0.5) is 6.01 Å². The normalized spacial score (nSPS) is 14.8. The van der Waals surface area contributed by atoms with E-state index in [-0.39, 0.29) is 0 Å². The van der Waals surface area contributed by atoms with Crippen molar-refractivity contribution in [3.63, 3.8) is 0 Å². The van der Waals surface area contributed by atoms with Gasteiger partial charge in [0.25, 0.3) is 0 Å². The summed E-state index contributed by atoms with van der Waals surface area (Å²) in [4.78, 5) is 2.21. The fourth-order valence-corrected chi connectivity index (χ4v) is 2.97. The van der Waals surface area contributed by atoms with E-state index in [1.54, 1.807) is 0 Å². The predicted octanol–water partition coefficient (Wildman–Crippen LogP) is 3.71. The molecular weight excluding hydrogens is 324 g/mol. The second-order valence-electron chi connectivity index (χ2n) is 5.69. The SMILES string of the molecule is Clc1ccc(-[n+]2cc(-c3ccccc3)oc2N2CCOCC2)cc1. The molecule has 0 radical (unpaired) electrons. The van der Waals surface area contributed by atoms with Gasteiger partial charge in [0.2, 0.25) is 0 Å². The fourth-order valence-electron chi connectivity index (χ4n) is 2.84. The highest BCUT2D eigenvalue weighted by Crippen LogP contribution is 2.25. The molecule has 1 fully saturated rings. The van der Waals surface area contributed by atoms with Gasteiger partial charge < -0.3 is 9.15 Å². The molecule has 4 rings (SSSR count). The number of morpholine rings is 1. The molecule has 0 amide bonds. The van der Waals surface area contributed by atoms with E-state index in [4.69, 9.17) is 20.8 Å². The molecule has 0 saturated carbocycles. The summed E-state index contributed by atoms with van der Waals surface area (Å²) >= 11 is 6.03. The molecule has 0 aliphatic carbocycles. The molecule has 2 heterocycles. The van der Waals surface area contributed by atoms with Crippen LogP contribution in [-0.4, -0.2) is 26.3 Å². The zero-order valence-electron chi connectivity index (χ0n) is 13.2. The van der Waals surface area contributed by atoms with Gasteiger partial charge in [-0.1, -0.05) is 41.9 Å². The van der Waals surface area contributed by atoms with Crippen LogP contribution in [0.15, 0.2) is 65.2 Å². The van der Waals surface area contributed by atoms with Gasteiger partial charge in [-0.15, -0.1) is 0 Å². The van der Waals surface area contributed by atoms with Crippen molar-refractivity contribution in [2.75, 3.05) is 31.2 Å². The third-order valence-electron chi connectivity index (χ3n) is 4.10. The van der Waals surface area contributed by atoms with E-state index in [0.29, 0.717) is 13.2 Å². The monoisotopic (exact) mass is 341 g/mol. The summed E-state index contributed by atoms with van der Waals surface area (Å²) in [6, 6.07) is 18.7. The van der Waals surface area contributed by atoms with E-state index in [0.717, 1.165) is 41.1 Å². The van der Waals surface area contributed by atoms with Gasteiger partial charge in [-0.05, 0) is 24.3 Å². The highest BCUT2D eigenvalue weighted by molar-refractivity contribution is 6.30. The van der Waals surface area contributed by atoms with Gasteiger partial charge >= 0.3 is 6.01 Å². The van der Waals surface area contributed by atoms with Crippen LogP contribution < -0.4 is 9.47 Å². The van der Waals surface area contributed by atoms with Crippen LogP contribution >= 0.6 is 11.6 Å². The largest absolute Gasteiger partial charge is 0.462 e. The minimum atomic E-state index is 0.710. The smallest absolute Gasteiger partial charge is 0.387 e. The Labute approximate surface area is 145 Å². The van der Waals surface area contributed by atoms with Crippen molar-refractivity contribution in [3.05, 3.63) is 65.8 Å². The van der Waals surface area contributed by atoms with Gasteiger partial charge in [-0.3, -0.25) is 0 Å². The van der Waals surface area contributed by atoms with Crippen LogP contribution in [0.2, 0.25) is 5.02 Å². The molecule has 1 saturated heterocycles. The molecule has 1 aromatic heterocycles. The van der Waals surface area contributed by atoms with E-state index in [9.17, 15) is 0 Å². The molecule has 5 heteroatoms. The molecule has 1 aliphatic heterocycles. The Morgan fingerprint density at radius 3 is 2.33 bits per heavy atom. The maximum Gasteiger partial charge on any atom is 0.462 e. The standard InChI is InChI=1S/C19H18ClN2O2/c20-16-6-8-17(9-7-16)22-14-18(15-4-2-1-3-5-15)24-19(22)21-10-12-23-13-11-21/h1-9,14H,10-13H2/q+1. The Hall–Kier alpha value is -2.30. The molecule has 4 nitrogen and oxygen atoms in total. The Balaban J connectivity index is 1.80. The van der Waals surface area contributed by atoms with Crippen LogP contribution in [0.25, 0.3) is 17.0 Å². The van der Waals surface area contributed by atoms with Crippen molar-refractivity contribution in [2.45, 2.75) is 0 Å². The van der Waals surface area contributed by atoms with E-state index < -0.39 is 0 Å². The Bertz CT molecular complexity index is 809. The van der Waals surface area contributed by atoms with Gasteiger partial charge in [-0.25, -0.2) is 4.90 Å². The van der Waals surface area contributed by atoms with Crippen LogP contribution in [0, 0.1) is 0 Å². The lowest BCUT2D eigenvalue weighted by Crippen LogP contribution is -2.43. The third-order valence-corrected chi connectivity index (χ3v) is 4.35. The molecule has 0 bridgehead atoms. The minimum absolute atomic E-state index is 0.710. The molecule has 0 unspecified atom stereocenters. The summed E-state index contributed by atoms with van der Waals surface area (Å²) in [7, 11) is 0. The van der Waals surface area contributed by atoms with Gasteiger partial charge in [-0.2, -0.15) is 4.57 Å². The lowest BCUT2D eigenvalue weighted by Gasteiger charge is -2.19. The lowest BCUT2D eigenvalue weighted by molar-refractivity contribution is -0.585. The predicted molar refractivity (Wildman–Crippen MR) is 93.7 cm³/mol. The fraction of sp³-hybridized carbons (Fsp3) is 0.211. The highest BCUT2D eigenvalue weighted by Gasteiger charge is 2.29. The summed E-state index contributed by atoms with van der Waals surface area (Å²) in [5, 5.41) is 0.721. The number of ether oxygens (including phenoxy) is 1. The van der Waals surface area contributed by atoms with Crippen LogP contribution in [0.1, 0.15) is 0 Å². The molecule has 2 aromatic carbocycles. The maximum absolute atomic E-state index is 6.23. The zero-order chi connectivity index (χ0) is 16.4. The summed E-state index contributed by atoms with van der Waals surface area (Å²) in [5.41, 5.74) is 2.08. The van der Waals surface area contributed by atoms with E-state index in [2.05, 4.69) is 9.47 Å². The van der Waals surface area contributed by atoms with Crippen molar-refractivity contribution in [1.29, 1.82) is 0 Å². The van der Waals surface area contributed by atoms with Crippen molar-refractivity contribution >= 4 is 17.6 Å². The first-order valence-corrected chi connectivity index (χ1v) is 8.38. The van der Waals surface area contributed by atoms with Crippen LogP contribution in [0.5, 0.6) is 0 Å². The first-order valence-electron chi connectivity index (χ1n) is 8.01. The van der Waals surface area contributed by atoms with Crippen molar-refractivity contribution in [2.24, 2.45) is 0 Å². The third kappa shape index (κ3) is 3.03. The average molecular weight is 342 g/mol. The van der Waals surface area contributed by atoms with Crippen molar-refractivity contribution in [1.82, 2.24) is 0 Å². The number of rotatable bonds is 3. The average Bonchev–Trinajstić information content (AvgIpc) is 3.09. The summed E-state index contributed by atoms with van der Waals surface area (Å²) in [6.07, 6.45) is 2.03. The number of hydrogen-bond donors (Lipinski definition) is 0. The van der Waals surface area contributed by atoms with Gasteiger partial charge in [0.15, 0.2) is 5.76 Å². The molecular formula is C19H18ClN2O2+. The van der Waals surface area contributed by atoms with E-state index in [1.165, 1.54) is 0 Å². The molecule has 1 aliphatic rings. The first-order chi connectivity index (χ1) is 11.8. The number of hydrogen-bond acceptors (Lipinski definition) is 3. The summed E-state index contributed by atoms with van der Waals surface area (Å²) in [6.45, 7) is 3.05. The highest BCUT2D eigenvalue weighted by atomic mass is 35.5. The summed E-state index contributed by atoms with van der Waals surface area (Å²) < 4.78 is 13.8. The Morgan fingerprint density at radius 1 is 0.917 bits per heavy atom. The van der Waals surface area contributed by atoms with Gasteiger partial charge in [0.1, 0.15) is 25.0 Å². The van der Waals surface area contributed by atoms with Crippen molar-refractivity contribution < 1.29 is 13.7 Å². The van der Waals surface area contributed by atoms with E-state index >= 15 is 0 Å². The lowest BCUT2D eigenvalue weighted by atomic mass is 10.2. The topological polar surface area (TPSA) is 29.5 Å². The number of aromatic nitrogens is 1. The molecule has 0 atom stereocenters. The molecule has 122 valence electrons. The Morgan fingerprint density at radius 2 is 1.62 bits per heavy atom. The van der Waals surface area contributed by atoms with Gasteiger partial charge in [0, 0.05) is 10.6 Å². The zero-order valence-corrected chi connectivity index (χ0v) is 13.9. The van der Waals surface area contributed by atoms with Crippen LogP contribution in [0.3, 0.4) is 0 Å². The van der Waals surface area contributed by atoms with Gasteiger partial charge in [0.05, 0.1) is 13.2 Å². The number of benzene rings is 2. The number of oxazole rings is 1. The number of anilines is 1. The first kappa shape index (κ1) is 15.2. The summed E-state index contributed by atoms with van der Waals surface area (Å²) in [5.74, 6) is 0.840. The van der Waals surface area contributed by atoms with Crippen LogP contribution in [-0.2, 0) is 4.74 Å². The molecule has 0 N–H and O–H groups in total. The number of nitrogens with zero attached hydrogens (tertiary/aromatic N) is 2. The minimum Gasteiger partial charge on any atom is -0.387 e. The molecule has 24 heavy (non-hydrogen) atoms. The Kier molecular flexibility index (Phi) is 4.24. The van der Waals surface area contributed by atoms with Crippen molar-refractivity contribution in [3.8, 4) is 17.0 Å². The second-order valence-corrected chi connectivity index (χ2v) is 6.13. The quantitative estimate of drug-likeness (QED) is 0.680. The molecule has 0 spiro atoms. The second kappa shape index (κ2) is 6.67. The van der Waals surface area contributed by atoms with E-state index in [1.807, 2.05) is 60.8 Å². The maximum atomic E-state index is 6.23. The molecule has 3 aromatic rings. The number of halogens is 1.